The molecule has 0 aromatic heterocycles. The molecule has 2 atom stereocenters. The predicted molar refractivity (Wildman–Crippen MR) is 177 cm³/mol. The number of benzene rings is 1. The number of amides is 2. The Morgan fingerprint density at radius 2 is 1.50 bits per heavy atom. The normalized spacial score (nSPS) is 26.2. The predicted octanol–water partition coefficient (Wildman–Crippen LogP) is 6.64. The van der Waals surface area contributed by atoms with Gasteiger partial charge in [-0.05, 0) is 77.0 Å². The van der Waals surface area contributed by atoms with E-state index in [0.29, 0.717) is 22.5 Å². The van der Waals surface area contributed by atoms with E-state index < -0.39 is 0 Å². The van der Waals surface area contributed by atoms with Crippen LogP contribution in [0.4, 0.5) is 11.4 Å². The Kier molecular flexibility index (Phi) is 7.38. The van der Waals surface area contributed by atoms with Crippen LogP contribution < -0.4 is 10.2 Å². The number of ketones is 1. The van der Waals surface area contributed by atoms with Crippen LogP contribution in [0.2, 0.25) is 0 Å². The van der Waals surface area contributed by atoms with Crippen molar-refractivity contribution in [1.82, 2.24) is 4.90 Å². The highest BCUT2D eigenvalue weighted by Crippen LogP contribution is 2.53. The second kappa shape index (κ2) is 10.3. The van der Waals surface area contributed by atoms with Gasteiger partial charge in [0.1, 0.15) is 5.76 Å². The zero-order valence-electron chi connectivity index (χ0n) is 28.1. The monoisotopic (exact) mass is 598 g/mol. The van der Waals surface area contributed by atoms with Gasteiger partial charge in [0, 0.05) is 71.4 Å². The molecular weight excluding hydrogens is 552 g/mol. The van der Waals surface area contributed by atoms with Gasteiger partial charge in [-0.1, -0.05) is 27.7 Å². The Labute approximate surface area is 261 Å². The number of carbonyl (C=O) groups is 3. The van der Waals surface area contributed by atoms with Gasteiger partial charge in [0.2, 0.25) is 17.6 Å². The van der Waals surface area contributed by atoms with Gasteiger partial charge >= 0.3 is 0 Å². The molecule has 2 amide bonds. The number of nitrogens with one attached hydrogen (secondary N) is 1. The zero-order chi connectivity index (χ0) is 32.8. The first kappa shape index (κ1) is 31.5. The molecule has 2 aliphatic carbocycles. The van der Waals surface area contributed by atoms with Crippen LogP contribution in [0.25, 0.3) is 5.57 Å². The maximum atomic E-state index is 14.1. The summed E-state index contributed by atoms with van der Waals surface area (Å²) in [6.07, 6.45) is 3.81. The molecule has 8 nitrogen and oxygen atoms in total. The Bertz CT molecular complexity index is 1660. The average molecular weight is 599 g/mol. The number of fused-ring (bicyclic) bond motifs is 2. The number of aliphatic hydroxyl groups is 1. The van der Waals surface area contributed by atoms with Crippen molar-refractivity contribution in [2.75, 3.05) is 10.2 Å². The van der Waals surface area contributed by atoms with Crippen LogP contribution in [0.1, 0.15) is 94.2 Å². The Morgan fingerprint density at radius 3 is 2.02 bits per heavy atom. The number of likely N-dealkylation sites (tertiary alicyclic amines) is 1. The number of hydrogen-bond donors (Lipinski definition) is 2. The van der Waals surface area contributed by atoms with Crippen LogP contribution in [0.5, 0.6) is 0 Å². The standard InChI is InChI=1S/C36H46N4O4/c1-17(2)39-19(5)35(9,10)25-13-23(27(15-29(25)39)37-21(7)41)31-33(43)32(34(31)44)24-14-26-30(16-28(24)38-22(8)42)40(18(3)4)20(6)36(26,11)12/h13-20,43H,1-12H3,(H,37,41)/b32-24-,38-28?. The van der Waals surface area contributed by atoms with Gasteiger partial charge in [0.15, 0.2) is 0 Å². The Hall–Kier alpha value is -3.94. The van der Waals surface area contributed by atoms with E-state index in [9.17, 15) is 19.5 Å². The first-order valence-corrected chi connectivity index (χ1v) is 15.6. The SMILES string of the molecule is CC(=O)N=C1C=C2C(=C/C1=C1/C(=O)C(c3cc4c(cc3NC(C)=O)N(C(C)C)C(C)C4(C)C)=C1O)C(C)(C)C(C)N2C(C)C. The molecule has 1 saturated heterocycles. The van der Waals surface area contributed by atoms with E-state index in [1.165, 1.54) is 13.8 Å². The molecule has 4 aliphatic rings. The van der Waals surface area contributed by atoms with Crippen molar-refractivity contribution >= 4 is 40.3 Å². The minimum absolute atomic E-state index is 0.139. The summed E-state index contributed by atoms with van der Waals surface area (Å²) in [5.41, 5.74) is 5.66. The minimum atomic E-state index is -0.388. The number of anilines is 2. The van der Waals surface area contributed by atoms with Crippen molar-refractivity contribution in [3.63, 3.8) is 0 Å². The minimum Gasteiger partial charge on any atom is -0.506 e. The zero-order valence-corrected chi connectivity index (χ0v) is 28.1. The van der Waals surface area contributed by atoms with Crippen molar-refractivity contribution in [2.45, 2.75) is 113 Å². The molecule has 1 aromatic rings. The van der Waals surface area contributed by atoms with Crippen molar-refractivity contribution < 1.29 is 19.5 Å². The molecule has 0 spiro atoms. The maximum Gasteiger partial charge on any atom is 0.243 e. The molecule has 234 valence electrons. The van der Waals surface area contributed by atoms with E-state index in [2.05, 4.69) is 89.3 Å². The number of Topliss-reactive ketones (excluding diaryl/α,β-unsaturated/α-hetero) is 1. The van der Waals surface area contributed by atoms with Crippen molar-refractivity contribution in [3.8, 4) is 0 Å². The summed E-state index contributed by atoms with van der Waals surface area (Å²) < 4.78 is 0. The van der Waals surface area contributed by atoms with Crippen LogP contribution in [0.15, 0.2) is 57.5 Å². The van der Waals surface area contributed by atoms with Crippen LogP contribution in [0, 0.1) is 5.41 Å². The molecule has 1 fully saturated rings. The fourth-order valence-corrected chi connectivity index (χ4v) is 7.50. The molecule has 5 rings (SSSR count). The molecule has 2 heterocycles. The third kappa shape index (κ3) is 4.48. The van der Waals surface area contributed by atoms with Crippen molar-refractivity contribution in [1.29, 1.82) is 0 Å². The van der Waals surface area contributed by atoms with Gasteiger partial charge in [-0.2, -0.15) is 0 Å². The number of aliphatic imine (C=N–C) groups is 1. The van der Waals surface area contributed by atoms with Gasteiger partial charge in [0.25, 0.3) is 0 Å². The molecule has 0 radical (unpaired) electrons. The summed E-state index contributed by atoms with van der Waals surface area (Å²) in [7, 11) is 0. The van der Waals surface area contributed by atoms with Crippen LogP contribution in [-0.2, 0) is 19.8 Å². The van der Waals surface area contributed by atoms with E-state index in [-0.39, 0.29) is 69.5 Å². The van der Waals surface area contributed by atoms with Crippen LogP contribution in [-0.4, -0.2) is 57.5 Å². The summed E-state index contributed by atoms with van der Waals surface area (Å²) in [4.78, 5) is 47.7. The van der Waals surface area contributed by atoms with Gasteiger partial charge in [-0.3, -0.25) is 14.4 Å². The van der Waals surface area contributed by atoms with Crippen LogP contribution in [0.3, 0.4) is 0 Å². The van der Waals surface area contributed by atoms with E-state index in [0.717, 1.165) is 22.5 Å². The molecule has 2 N–H and O–H groups in total. The molecule has 2 unspecified atom stereocenters. The lowest BCUT2D eigenvalue weighted by Crippen LogP contribution is -2.42. The van der Waals surface area contributed by atoms with Crippen LogP contribution >= 0.6 is 0 Å². The highest BCUT2D eigenvalue weighted by atomic mass is 16.3. The first-order chi connectivity index (χ1) is 20.3. The molecule has 2 aliphatic heterocycles. The summed E-state index contributed by atoms with van der Waals surface area (Å²) in [6, 6.07) is 4.67. The highest BCUT2D eigenvalue weighted by molar-refractivity contribution is 6.42. The third-order valence-corrected chi connectivity index (χ3v) is 10.3. The Morgan fingerprint density at radius 1 is 0.909 bits per heavy atom. The lowest BCUT2D eigenvalue weighted by molar-refractivity contribution is -0.116. The first-order valence-electron chi connectivity index (χ1n) is 15.6. The summed E-state index contributed by atoms with van der Waals surface area (Å²) in [5, 5.41) is 14.6. The fraction of sp³-hybridized carbons (Fsp3) is 0.500. The van der Waals surface area contributed by atoms with Crippen molar-refractivity contribution in [3.05, 3.63) is 63.6 Å². The third-order valence-electron chi connectivity index (χ3n) is 10.3. The van der Waals surface area contributed by atoms with Gasteiger partial charge in [0.05, 0.1) is 22.5 Å². The number of rotatable bonds is 4. The van der Waals surface area contributed by atoms with Crippen molar-refractivity contribution in [2.24, 2.45) is 10.4 Å². The topological polar surface area (TPSA) is 102 Å². The molecular formula is C36H46N4O4. The maximum absolute atomic E-state index is 14.1. The summed E-state index contributed by atoms with van der Waals surface area (Å²) in [6.45, 7) is 24.4. The number of aliphatic hydroxyl groups excluding tert-OH is 1. The fourth-order valence-electron chi connectivity index (χ4n) is 7.50. The number of carbonyl (C=O) groups excluding carboxylic acids is 3. The molecule has 8 heteroatoms. The quantitative estimate of drug-likeness (QED) is 0.377. The largest absolute Gasteiger partial charge is 0.506 e. The number of allylic oxidation sites excluding steroid dienone is 6. The number of hydrogen-bond acceptors (Lipinski definition) is 6. The van der Waals surface area contributed by atoms with E-state index >= 15 is 0 Å². The second-order valence-electron chi connectivity index (χ2n) is 14.3. The average Bonchev–Trinajstić information content (AvgIpc) is 3.21. The van der Waals surface area contributed by atoms with Gasteiger partial charge < -0.3 is 20.2 Å². The molecule has 0 saturated carbocycles. The number of nitrogens with zero attached hydrogens (tertiary/aromatic N) is 3. The molecule has 44 heavy (non-hydrogen) atoms. The van der Waals surface area contributed by atoms with E-state index in [1.807, 2.05) is 24.3 Å². The van der Waals surface area contributed by atoms with Gasteiger partial charge in [-0.25, -0.2) is 4.99 Å². The summed E-state index contributed by atoms with van der Waals surface area (Å²) >= 11 is 0. The lowest BCUT2D eigenvalue weighted by Gasteiger charge is -2.34. The van der Waals surface area contributed by atoms with E-state index in [4.69, 9.17) is 0 Å². The summed E-state index contributed by atoms with van der Waals surface area (Å²) in [5.74, 6) is -1.16. The highest BCUT2D eigenvalue weighted by Gasteiger charge is 2.49. The lowest BCUT2D eigenvalue weighted by atomic mass is 9.73. The van der Waals surface area contributed by atoms with E-state index in [1.54, 1.807) is 0 Å². The second-order valence-corrected chi connectivity index (χ2v) is 14.3. The molecule has 0 bridgehead atoms. The van der Waals surface area contributed by atoms with Gasteiger partial charge in [-0.15, -0.1) is 0 Å². The molecule has 1 aromatic carbocycles. The smallest absolute Gasteiger partial charge is 0.243 e. The Balaban J connectivity index is 1.74.